The normalized spacial score (nSPS) is 16.4. The van der Waals surface area contributed by atoms with Crippen LogP contribution in [0.25, 0.3) is 0 Å². The molecule has 0 unspecified atom stereocenters. The zero-order valence-corrected chi connectivity index (χ0v) is 7.92. The smallest absolute Gasteiger partial charge is 0.226 e. The zero-order chi connectivity index (χ0) is 9.10. The minimum atomic E-state index is 0.713. The molecule has 1 aromatic heterocycles. The monoisotopic (exact) mass is 181 g/mol. The Labute approximate surface area is 77.7 Å². The van der Waals surface area contributed by atoms with E-state index in [0.29, 0.717) is 6.54 Å². The Morgan fingerprint density at radius 1 is 1.54 bits per heavy atom. The maximum Gasteiger partial charge on any atom is 0.226 e. The van der Waals surface area contributed by atoms with Crippen LogP contribution in [0.4, 0.5) is 0 Å². The van der Waals surface area contributed by atoms with E-state index in [0.717, 1.165) is 30.6 Å². The molecule has 1 aliphatic carbocycles. The minimum Gasteiger partial charge on any atom is -0.339 e. The summed E-state index contributed by atoms with van der Waals surface area (Å²) in [5.74, 6) is 2.39. The lowest BCUT2D eigenvalue weighted by Gasteiger charge is -1.92. The van der Waals surface area contributed by atoms with Gasteiger partial charge in [0, 0.05) is 6.42 Å². The third-order valence-corrected chi connectivity index (χ3v) is 2.20. The molecule has 0 aliphatic heterocycles. The molecule has 4 heteroatoms. The summed E-state index contributed by atoms with van der Waals surface area (Å²) in [5, 5.41) is 7.05. The number of aromatic nitrogens is 2. The summed E-state index contributed by atoms with van der Waals surface area (Å²) in [4.78, 5) is 4.29. The van der Waals surface area contributed by atoms with E-state index in [-0.39, 0.29) is 0 Å². The van der Waals surface area contributed by atoms with E-state index in [1.807, 2.05) is 0 Å². The first-order valence-electron chi connectivity index (χ1n) is 4.90. The van der Waals surface area contributed by atoms with Gasteiger partial charge in [-0.25, -0.2) is 0 Å². The Bertz CT molecular complexity index is 268. The van der Waals surface area contributed by atoms with Crippen molar-refractivity contribution in [3.63, 3.8) is 0 Å². The molecule has 1 fully saturated rings. The van der Waals surface area contributed by atoms with Crippen LogP contribution in [0.3, 0.4) is 0 Å². The molecule has 0 spiro atoms. The molecule has 0 bridgehead atoms. The highest BCUT2D eigenvalue weighted by Gasteiger charge is 2.24. The van der Waals surface area contributed by atoms with Crippen LogP contribution >= 0.6 is 0 Å². The highest BCUT2D eigenvalue weighted by Crippen LogP contribution is 2.31. The Morgan fingerprint density at radius 3 is 3.08 bits per heavy atom. The molecule has 1 saturated carbocycles. The van der Waals surface area contributed by atoms with Crippen LogP contribution < -0.4 is 5.32 Å². The predicted molar refractivity (Wildman–Crippen MR) is 48.1 cm³/mol. The Morgan fingerprint density at radius 2 is 2.38 bits per heavy atom. The second-order valence-corrected chi connectivity index (χ2v) is 3.53. The Kier molecular flexibility index (Phi) is 2.59. The lowest BCUT2D eigenvalue weighted by atomic mass is 10.3. The molecule has 4 nitrogen and oxygen atoms in total. The first kappa shape index (κ1) is 8.69. The molecule has 0 radical (unpaired) electrons. The summed E-state index contributed by atoms with van der Waals surface area (Å²) < 4.78 is 5.11. The SMILES string of the molecule is CCNCc1noc(CC2CC2)n1. The number of rotatable bonds is 5. The van der Waals surface area contributed by atoms with Gasteiger partial charge >= 0.3 is 0 Å². The molecule has 1 aliphatic rings. The van der Waals surface area contributed by atoms with Crippen LogP contribution in [-0.2, 0) is 13.0 Å². The third kappa shape index (κ3) is 2.52. The van der Waals surface area contributed by atoms with Crippen LogP contribution in [0.5, 0.6) is 0 Å². The summed E-state index contributed by atoms with van der Waals surface area (Å²) in [5.41, 5.74) is 0. The maximum atomic E-state index is 5.11. The van der Waals surface area contributed by atoms with Crippen molar-refractivity contribution in [2.75, 3.05) is 6.54 Å². The summed E-state index contributed by atoms with van der Waals surface area (Å²) in [6.07, 6.45) is 3.62. The summed E-state index contributed by atoms with van der Waals surface area (Å²) in [6, 6.07) is 0. The van der Waals surface area contributed by atoms with Crippen LogP contribution in [-0.4, -0.2) is 16.7 Å². The largest absolute Gasteiger partial charge is 0.339 e. The number of nitrogens with zero attached hydrogens (tertiary/aromatic N) is 2. The fourth-order valence-electron chi connectivity index (χ4n) is 1.25. The first-order chi connectivity index (χ1) is 6.38. The van der Waals surface area contributed by atoms with Crippen molar-refractivity contribution in [2.45, 2.75) is 32.7 Å². The van der Waals surface area contributed by atoms with Gasteiger partial charge in [0.15, 0.2) is 5.82 Å². The van der Waals surface area contributed by atoms with Crippen molar-refractivity contribution in [1.29, 1.82) is 0 Å². The van der Waals surface area contributed by atoms with Crippen molar-refractivity contribution in [1.82, 2.24) is 15.5 Å². The molecule has 0 atom stereocenters. The van der Waals surface area contributed by atoms with Gasteiger partial charge in [-0.2, -0.15) is 4.98 Å². The Hall–Kier alpha value is -0.900. The van der Waals surface area contributed by atoms with Gasteiger partial charge in [0.25, 0.3) is 0 Å². The highest BCUT2D eigenvalue weighted by atomic mass is 16.5. The van der Waals surface area contributed by atoms with E-state index in [4.69, 9.17) is 4.52 Å². The average molecular weight is 181 g/mol. The number of hydrogen-bond donors (Lipinski definition) is 1. The predicted octanol–water partition coefficient (Wildman–Crippen LogP) is 1.13. The van der Waals surface area contributed by atoms with Gasteiger partial charge in [-0.05, 0) is 25.3 Å². The molecule has 13 heavy (non-hydrogen) atoms. The molecule has 1 aromatic rings. The quantitative estimate of drug-likeness (QED) is 0.739. The van der Waals surface area contributed by atoms with Gasteiger partial charge in [-0.15, -0.1) is 0 Å². The maximum absolute atomic E-state index is 5.11. The van der Waals surface area contributed by atoms with Crippen LogP contribution in [0, 0.1) is 5.92 Å². The molecule has 1 heterocycles. The molecule has 0 aromatic carbocycles. The van der Waals surface area contributed by atoms with E-state index in [2.05, 4.69) is 22.4 Å². The number of hydrogen-bond acceptors (Lipinski definition) is 4. The molecule has 0 amide bonds. The van der Waals surface area contributed by atoms with Gasteiger partial charge < -0.3 is 9.84 Å². The zero-order valence-electron chi connectivity index (χ0n) is 7.92. The molecule has 72 valence electrons. The lowest BCUT2D eigenvalue weighted by molar-refractivity contribution is 0.366. The fraction of sp³-hybridized carbons (Fsp3) is 0.778. The standard InChI is InChI=1S/C9H15N3O/c1-2-10-6-8-11-9(13-12-8)5-7-3-4-7/h7,10H,2-6H2,1H3. The van der Waals surface area contributed by atoms with Gasteiger partial charge in [0.05, 0.1) is 6.54 Å². The molecule has 2 rings (SSSR count). The van der Waals surface area contributed by atoms with E-state index in [9.17, 15) is 0 Å². The van der Waals surface area contributed by atoms with E-state index < -0.39 is 0 Å². The van der Waals surface area contributed by atoms with E-state index in [1.165, 1.54) is 12.8 Å². The lowest BCUT2D eigenvalue weighted by Crippen LogP contribution is -2.12. The van der Waals surface area contributed by atoms with Gasteiger partial charge in [-0.3, -0.25) is 0 Å². The van der Waals surface area contributed by atoms with Gasteiger partial charge in [-0.1, -0.05) is 12.1 Å². The second-order valence-electron chi connectivity index (χ2n) is 3.53. The van der Waals surface area contributed by atoms with Crippen LogP contribution in [0.15, 0.2) is 4.52 Å². The molecule has 0 saturated heterocycles. The van der Waals surface area contributed by atoms with Crippen molar-refractivity contribution < 1.29 is 4.52 Å². The molecular formula is C9H15N3O. The summed E-state index contributed by atoms with van der Waals surface area (Å²) in [7, 11) is 0. The van der Waals surface area contributed by atoms with Gasteiger partial charge in [0.2, 0.25) is 5.89 Å². The third-order valence-electron chi connectivity index (χ3n) is 2.20. The Balaban J connectivity index is 1.84. The highest BCUT2D eigenvalue weighted by molar-refractivity contribution is 4.90. The summed E-state index contributed by atoms with van der Waals surface area (Å²) in [6.45, 7) is 3.71. The average Bonchev–Trinajstić information content (AvgIpc) is 2.81. The second kappa shape index (κ2) is 3.87. The van der Waals surface area contributed by atoms with Crippen molar-refractivity contribution in [2.24, 2.45) is 5.92 Å². The van der Waals surface area contributed by atoms with Crippen molar-refractivity contribution in [3.8, 4) is 0 Å². The minimum absolute atomic E-state index is 0.713. The van der Waals surface area contributed by atoms with Crippen LogP contribution in [0.2, 0.25) is 0 Å². The topological polar surface area (TPSA) is 51.0 Å². The summed E-state index contributed by atoms with van der Waals surface area (Å²) >= 11 is 0. The van der Waals surface area contributed by atoms with Crippen LogP contribution in [0.1, 0.15) is 31.5 Å². The van der Waals surface area contributed by atoms with Gasteiger partial charge in [0.1, 0.15) is 0 Å². The van der Waals surface area contributed by atoms with Crippen molar-refractivity contribution in [3.05, 3.63) is 11.7 Å². The van der Waals surface area contributed by atoms with E-state index >= 15 is 0 Å². The van der Waals surface area contributed by atoms with Crippen molar-refractivity contribution >= 4 is 0 Å². The fourth-order valence-corrected chi connectivity index (χ4v) is 1.25. The molecule has 1 N–H and O–H groups in total. The van der Waals surface area contributed by atoms with E-state index in [1.54, 1.807) is 0 Å². The first-order valence-corrected chi connectivity index (χ1v) is 4.90. The molecular weight excluding hydrogens is 166 g/mol. The number of nitrogens with one attached hydrogen (secondary N) is 1.